The third kappa shape index (κ3) is 4.00. The van der Waals surface area contributed by atoms with Gasteiger partial charge >= 0.3 is 5.63 Å². The topological polar surface area (TPSA) is 116 Å². The van der Waals surface area contributed by atoms with Crippen LogP contribution in [0.25, 0.3) is 10.8 Å². The number of aliphatic hydroxyl groups is 1. The number of carbonyl (C=O) groups excluding carboxylic acids is 1. The summed E-state index contributed by atoms with van der Waals surface area (Å²) < 4.78 is 4.73. The average molecular weight is 425 g/mol. The molecule has 1 atom stereocenters. The van der Waals surface area contributed by atoms with Crippen molar-refractivity contribution in [1.29, 1.82) is 5.26 Å². The van der Waals surface area contributed by atoms with Gasteiger partial charge in [0, 0.05) is 17.5 Å². The molecular weight excluding hydrogens is 406 g/mol. The molecule has 4 rings (SSSR count). The van der Waals surface area contributed by atoms with Crippen molar-refractivity contribution in [2.45, 2.75) is 18.9 Å². The molecule has 0 saturated heterocycles. The Morgan fingerprint density at radius 2 is 1.81 bits per heavy atom. The number of aryl methyl sites for hydroxylation is 1. The molecule has 0 spiro atoms. The molecule has 1 amide bonds. The Morgan fingerprint density at radius 3 is 2.50 bits per heavy atom. The molecule has 32 heavy (non-hydrogen) atoms. The Bertz CT molecular complexity index is 1390. The number of nitrogens with zero attached hydrogens (tertiary/aromatic N) is 2. The highest BCUT2D eigenvalue weighted by atomic mass is 16.5. The maximum atomic E-state index is 13.4. The molecule has 0 fully saturated rings. The first-order chi connectivity index (χ1) is 15.4. The van der Waals surface area contributed by atoms with E-state index in [1.54, 1.807) is 49.4 Å². The highest BCUT2D eigenvalue weighted by molar-refractivity contribution is 6.00. The van der Waals surface area contributed by atoms with Crippen LogP contribution in [0.2, 0.25) is 0 Å². The lowest BCUT2D eigenvalue weighted by Crippen LogP contribution is -2.42. The molecule has 4 aromatic rings. The molecule has 0 aliphatic rings. The average Bonchev–Trinajstić information content (AvgIpc) is 2.82. The Kier molecular flexibility index (Phi) is 5.54. The summed E-state index contributed by atoms with van der Waals surface area (Å²) in [7, 11) is 0. The predicted octanol–water partition coefficient (Wildman–Crippen LogP) is 3.44. The highest BCUT2D eigenvalue weighted by Crippen LogP contribution is 2.29. The van der Waals surface area contributed by atoms with Gasteiger partial charge in [-0.3, -0.25) is 4.79 Å². The first-order valence-electron chi connectivity index (χ1n) is 9.89. The van der Waals surface area contributed by atoms with Gasteiger partial charge in [-0.2, -0.15) is 5.26 Å². The van der Waals surface area contributed by atoms with Crippen molar-refractivity contribution in [2.75, 3.05) is 5.32 Å². The van der Waals surface area contributed by atoms with Crippen molar-refractivity contribution in [2.24, 2.45) is 0 Å². The molecular formula is C25H19N3O4. The molecule has 0 radical (unpaired) electrons. The van der Waals surface area contributed by atoms with Gasteiger partial charge in [-0.1, -0.05) is 47.6 Å². The van der Waals surface area contributed by atoms with E-state index in [-0.39, 0.29) is 6.42 Å². The smallest absolute Gasteiger partial charge is 0.366 e. The second kappa shape index (κ2) is 8.46. The quantitative estimate of drug-likeness (QED) is 0.506. The third-order valence-electron chi connectivity index (χ3n) is 5.32. The number of hydrogen-bond donors (Lipinski definition) is 2. The van der Waals surface area contributed by atoms with Crippen LogP contribution in [0.4, 0.5) is 5.69 Å². The van der Waals surface area contributed by atoms with E-state index in [9.17, 15) is 14.7 Å². The molecule has 1 aromatic heterocycles. The first kappa shape index (κ1) is 21.0. The standard InChI is InChI=1S/C25H19N3O4/c1-16-22-13-20(11-12-21(22)23(29)32-28-16)27-24(30)25(31,14-17-5-3-2-4-6-17)19-9-7-18(15-26)8-10-19/h2-13,31H,14H2,1H3,(H,27,30). The van der Waals surface area contributed by atoms with Gasteiger partial charge in [-0.05, 0) is 48.4 Å². The van der Waals surface area contributed by atoms with E-state index in [2.05, 4.69) is 10.5 Å². The molecule has 0 saturated carbocycles. The molecule has 0 aliphatic heterocycles. The number of anilines is 1. The summed E-state index contributed by atoms with van der Waals surface area (Å²) in [6.07, 6.45) is 0.0311. The normalized spacial score (nSPS) is 12.7. The van der Waals surface area contributed by atoms with E-state index < -0.39 is 17.1 Å². The molecule has 1 heterocycles. The van der Waals surface area contributed by atoms with Crippen LogP contribution in [0, 0.1) is 18.3 Å². The second-order valence-corrected chi connectivity index (χ2v) is 7.48. The van der Waals surface area contributed by atoms with Crippen LogP contribution in [-0.2, 0) is 16.8 Å². The fraction of sp³-hybridized carbons (Fsp3) is 0.120. The lowest BCUT2D eigenvalue weighted by molar-refractivity contribution is -0.135. The van der Waals surface area contributed by atoms with E-state index in [1.807, 2.05) is 36.4 Å². The maximum absolute atomic E-state index is 13.4. The Hall–Kier alpha value is -4.28. The summed E-state index contributed by atoms with van der Waals surface area (Å²) in [5.41, 5.74) is -0.00898. The van der Waals surface area contributed by atoms with E-state index in [0.717, 1.165) is 5.56 Å². The lowest BCUT2D eigenvalue weighted by atomic mass is 9.86. The molecule has 3 aromatic carbocycles. The Balaban J connectivity index is 1.73. The molecule has 7 nitrogen and oxygen atoms in total. The van der Waals surface area contributed by atoms with Crippen LogP contribution in [0.15, 0.2) is 82.1 Å². The number of carbonyl (C=O) groups is 1. The number of benzene rings is 3. The number of rotatable bonds is 5. The van der Waals surface area contributed by atoms with Crippen molar-refractivity contribution in [3.8, 4) is 6.07 Å². The first-order valence-corrected chi connectivity index (χ1v) is 9.89. The zero-order valence-electron chi connectivity index (χ0n) is 17.2. The minimum Gasteiger partial charge on any atom is -0.375 e. The van der Waals surface area contributed by atoms with Crippen LogP contribution in [0.3, 0.4) is 0 Å². The number of nitrogens with one attached hydrogen (secondary N) is 1. The number of aromatic nitrogens is 1. The minimum atomic E-state index is -1.90. The molecule has 1 unspecified atom stereocenters. The zero-order chi connectivity index (χ0) is 22.7. The van der Waals surface area contributed by atoms with Crippen LogP contribution in [0.5, 0.6) is 0 Å². The molecule has 7 heteroatoms. The summed E-state index contributed by atoms with van der Waals surface area (Å²) in [5, 5.41) is 28.0. The van der Waals surface area contributed by atoms with E-state index in [0.29, 0.717) is 33.3 Å². The Morgan fingerprint density at radius 1 is 1.09 bits per heavy atom. The highest BCUT2D eigenvalue weighted by Gasteiger charge is 2.38. The third-order valence-corrected chi connectivity index (χ3v) is 5.32. The van der Waals surface area contributed by atoms with E-state index in [1.165, 1.54) is 0 Å². The van der Waals surface area contributed by atoms with Crippen LogP contribution < -0.4 is 10.9 Å². The van der Waals surface area contributed by atoms with Crippen molar-refractivity contribution in [3.63, 3.8) is 0 Å². The van der Waals surface area contributed by atoms with Crippen LogP contribution >= 0.6 is 0 Å². The van der Waals surface area contributed by atoms with Gasteiger partial charge in [0.05, 0.1) is 22.7 Å². The van der Waals surface area contributed by atoms with Gasteiger partial charge in [0.15, 0.2) is 5.60 Å². The van der Waals surface area contributed by atoms with E-state index in [4.69, 9.17) is 9.78 Å². The van der Waals surface area contributed by atoms with Gasteiger partial charge < -0.3 is 14.9 Å². The maximum Gasteiger partial charge on any atom is 0.366 e. The molecule has 0 bridgehead atoms. The van der Waals surface area contributed by atoms with Gasteiger partial charge in [0.2, 0.25) is 0 Å². The number of nitriles is 1. The van der Waals surface area contributed by atoms with Gasteiger partial charge in [0.25, 0.3) is 5.91 Å². The van der Waals surface area contributed by atoms with Crippen molar-refractivity contribution >= 4 is 22.4 Å². The van der Waals surface area contributed by atoms with Gasteiger partial charge in [-0.25, -0.2) is 4.79 Å². The second-order valence-electron chi connectivity index (χ2n) is 7.48. The van der Waals surface area contributed by atoms with Crippen molar-refractivity contribution < 1.29 is 14.4 Å². The summed E-state index contributed by atoms with van der Waals surface area (Å²) in [5.74, 6) is -0.640. The van der Waals surface area contributed by atoms with Gasteiger partial charge in [0.1, 0.15) is 0 Å². The Labute approximate surface area is 183 Å². The van der Waals surface area contributed by atoms with Gasteiger partial charge in [-0.15, -0.1) is 0 Å². The molecule has 0 aliphatic carbocycles. The molecule has 2 N–H and O–H groups in total. The summed E-state index contributed by atoms with van der Waals surface area (Å²) in [6.45, 7) is 1.69. The zero-order valence-corrected chi connectivity index (χ0v) is 17.2. The summed E-state index contributed by atoms with van der Waals surface area (Å²) >= 11 is 0. The number of hydrogen-bond acceptors (Lipinski definition) is 6. The van der Waals surface area contributed by atoms with E-state index >= 15 is 0 Å². The summed E-state index contributed by atoms with van der Waals surface area (Å²) in [6, 6.07) is 22.2. The molecule has 158 valence electrons. The minimum absolute atomic E-state index is 0.0311. The summed E-state index contributed by atoms with van der Waals surface area (Å²) in [4.78, 5) is 25.2. The fourth-order valence-corrected chi connectivity index (χ4v) is 3.57. The SMILES string of the molecule is Cc1noc(=O)c2ccc(NC(=O)C(O)(Cc3ccccc3)c3ccc(C#N)cc3)cc12. The fourth-order valence-electron chi connectivity index (χ4n) is 3.57. The largest absolute Gasteiger partial charge is 0.375 e. The lowest BCUT2D eigenvalue weighted by Gasteiger charge is -2.28. The number of amides is 1. The van der Waals surface area contributed by atoms with Crippen molar-refractivity contribution in [3.05, 3.63) is 106 Å². The monoisotopic (exact) mass is 425 g/mol. The number of fused-ring (bicyclic) bond motifs is 1. The van der Waals surface area contributed by atoms with Crippen molar-refractivity contribution in [1.82, 2.24) is 5.16 Å². The predicted molar refractivity (Wildman–Crippen MR) is 119 cm³/mol. The van der Waals surface area contributed by atoms with Crippen LogP contribution in [0.1, 0.15) is 22.4 Å². The van der Waals surface area contributed by atoms with Crippen LogP contribution in [-0.4, -0.2) is 16.2 Å².